The zero-order valence-electron chi connectivity index (χ0n) is 14.6. The van der Waals surface area contributed by atoms with E-state index >= 15 is 0 Å². The third kappa shape index (κ3) is 7.25. The second-order valence-electron chi connectivity index (χ2n) is 4.98. The Bertz CT molecular complexity index is 653. The normalized spacial score (nSPS) is 12.8. The Morgan fingerprint density at radius 2 is 2.28 bits per heavy atom. The van der Waals surface area contributed by atoms with E-state index in [0.717, 1.165) is 12.5 Å². The number of aromatic nitrogens is 2. The van der Waals surface area contributed by atoms with E-state index in [0.29, 0.717) is 37.0 Å². The topological polar surface area (TPSA) is 91.8 Å². The average molecular weight is 354 g/mol. The molecule has 0 spiro atoms. The van der Waals surface area contributed by atoms with Crippen LogP contribution in [0.4, 0.5) is 10.2 Å². The van der Waals surface area contributed by atoms with Gasteiger partial charge in [0.05, 0.1) is 17.2 Å². The molecule has 0 fully saturated rings. The third-order valence-corrected chi connectivity index (χ3v) is 2.93. The highest BCUT2D eigenvalue weighted by Gasteiger charge is 2.08. The molecule has 0 saturated carbocycles. The van der Waals surface area contributed by atoms with Crippen molar-refractivity contribution in [2.75, 3.05) is 13.3 Å². The minimum Gasteiger partial charge on any atom is -0.322 e. The molecule has 0 atom stereocenters. The molecule has 0 aliphatic carbocycles. The molecule has 1 heterocycles. The molecule has 0 amide bonds. The smallest absolute Gasteiger partial charge is 0.267 e. The van der Waals surface area contributed by atoms with Gasteiger partial charge in [-0.25, -0.2) is 9.07 Å². The summed E-state index contributed by atoms with van der Waals surface area (Å²) >= 11 is 0. The summed E-state index contributed by atoms with van der Waals surface area (Å²) in [5, 5.41) is 15.2. The predicted octanol–water partition coefficient (Wildman–Crippen LogP) is 3.54. The fraction of sp³-hybridized carbons (Fsp3) is 0.500. The Balaban J connectivity index is 2.89. The molecule has 138 valence electrons. The Hall–Kier alpha value is -2.55. The number of alkyl halides is 1. The second-order valence-corrected chi connectivity index (χ2v) is 4.98. The van der Waals surface area contributed by atoms with Gasteiger partial charge in [0.15, 0.2) is 5.82 Å². The van der Waals surface area contributed by atoms with Crippen LogP contribution < -0.4 is 0 Å². The van der Waals surface area contributed by atoms with Crippen molar-refractivity contribution in [3.05, 3.63) is 45.8 Å². The van der Waals surface area contributed by atoms with Gasteiger partial charge in [0, 0.05) is 38.1 Å². The molecule has 25 heavy (non-hydrogen) atoms. The van der Waals surface area contributed by atoms with E-state index in [4.69, 9.17) is 9.78 Å². The van der Waals surface area contributed by atoms with Crippen molar-refractivity contribution in [2.45, 2.75) is 40.2 Å². The summed E-state index contributed by atoms with van der Waals surface area (Å²) in [6, 6.07) is 1.77. The van der Waals surface area contributed by atoms with Crippen LogP contribution >= 0.6 is 0 Å². The van der Waals surface area contributed by atoms with Gasteiger partial charge in [0.2, 0.25) is 5.90 Å². The quantitative estimate of drug-likeness (QED) is 0.160. The number of aliphatic imine (C=N–C) groups is 1. The van der Waals surface area contributed by atoms with Crippen LogP contribution in [0.15, 0.2) is 35.0 Å². The highest BCUT2D eigenvalue weighted by atomic mass is 19.1. The van der Waals surface area contributed by atoms with Crippen LogP contribution in [0.2, 0.25) is 0 Å². The fourth-order valence-electron chi connectivity index (χ4n) is 1.93. The lowest BCUT2D eigenvalue weighted by molar-refractivity contribution is -0.419. The molecule has 0 aromatic carbocycles. The average Bonchev–Trinajstić information content (AvgIpc) is 2.94. The van der Waals surface area contributed by atoms with Crippen LogP contribution in [-0.2, 0) is 22.7 Å². The molecule has 9 heteroatoms. The van der Waals surface area contributed by atoms with E-state index in [1.54, 1.807) is 30.7 Å². The number of allylic oxidation sites excluding steroid dienone is 3. The summed E-state index contributed by atoms with van der Waals surface area (Å²) in [6.07, 6.45) is 4.98. The first-order valence-electron chi connectivity index (χ1n) is 8.00. The summed E-state index contributed by atoms with van der Waals surface area (Å²) in [5.74, 6) is 0.957. The van der Waals surface area contributed by atoms with Crippen molar-refractivity contribution < 1.29 is 19.1 Å². The molecule has 8 nitrogen and oxygen atoms in total. The molecule has 1 rings (SSSR count). The summed E-state index contributed by atoms with van der Waals surface area (Å²) < 4.78 is 14.0. The van der Waals surface area contributed by atoms with Crippen molar-refractivity contribution in [3.8, 4) is 0 Å². The van der Waals surface area contributed by atoms with E-state index in [9.17, 15) is 14.5 Å². The first kappa shape index (κ1) is 20.5. The zero-order chi connectivity index (χ0) is 18.7. The number of hydrogen-bond donors (Lipinski definition) is 0. The first-order valence-corrected chi connectivity index (χ1v) is 8.00. The Morgan fingerprint density at radius 1 is 1.52 bits per heavy atom. The van der Waals surface area contributed by atoms with Crippen LogP contribution in [0.1, 0.15) is 32.9 Å². The zero-order valence-corrected chi connectivity index (χ0v) is 14.6. The van der Waals surface area contributed by atoms with Gasteiger partial charge in [-0.05, 0) is 13.3 Å². The Labute approximate surface area is 145 Å². The van der Waals surface area contributed by atoms with Crippen LogP contribution in [0.3, 0.4) is 0 Å². The summed E-state index contributed by atoms with van der Waals surface area (Å²) in [4.78, 5) is 24.2. The van der Waals surface area contributed by atoms with Gasteiger partial charge >= 0.3 is 0 Å². The lowest BCUT2D eigenvalue weighted by atomic mass is 10.2. The number of nitro groups is 1. The number of nitrogens with zero attached hydrogens (tertiary/aromatic N) is 4. The maximum absolute atomic E-state index is 12.2. The van der Waals surface area contributed by atoms with Gasteiger partial charge in [-0.1, -0.05) is 13.0 Å². The van der Waals surface area contributed by atoms with E-state index in [-0.39, 0.29) is 5.70 Å². The summed E-state index contributed by atoms with van der Waals surface area (Å²) in [7, 11) is 0. The van der Waals surface area contributed by atoms with Gasteiger partial charge in [0.1, 0.15) is 6.67 Å². The number of hydrogen-bond acceptors (Lipinski definition) is 6. The van der Waals surface area contributed by atoms with Gasteiger partial charge in [0.25, 0.3) is 5.70 Å². The maximum atomic E-state index is 12.2. The van der Waals surface area contributed by atoms with Crippen LogP contribution in [0.5, 0.6) is 0 Å². The highest BCUT2D eigenvalue weighted by Crippen LogP contribution is 2.17. The van der Waals surface area contributed by atoms with E-state index < -0.39 is 11.6 Å². The van der Waals surface area contributed by atoms with Crippen LogP contribution in [-0.4, -0.2) is 33.9 Å². The van der Waals surface area contributed by atoms with Gasteiger partial charge in [-0.15, -0.1) is 0 Å². The third-order valence-electron chi connectivity index (χ3n) is 2.93. The minimum absolute atomic E-state index is 0.283. The highest BCUT2D eigenvalue weighted by molar-refractivity contribution is 5.75. The molecular formula is C16H23FN4O4. The Kier molecular flexibility index (Phi) is 9.09. The van der Waals surface area contributed by atoms with Crippen LogP contribution in [0, 0.1) is 10.1 Å². The van der Waals surface area contributed by atoms with E-state index in [1.807, 2.05) is 6.92 Å². The van der Waals surface area contributed by atoms with Crippen molar-refractivity contribution >= 4 is 11.7 Å². The minimum atomic E-state index is -0.885. The standard InChI is InChI=1S/C16H23FN4O4/c1-4-11-20-16(18-13(3)25-24-5-2)12-14(19-20)7-6-8-15(9-10-17)21(22)23/h6,8-9,12H,4-5,7,10-11H2,1-3H3/b8-6-,15-9+,18-13+. The van der Waals surface area contributed by atoms with Crippen molar-refractivity contribution in [2.24, 2.45) is 4.99 Å². The monoisotopic (exact) mass is 354 g/mol. The lowest BCUT2D eigenvalue weighted by Crippen LogP contribution is -2.03. The molecule has 0 unspecified atom stereocenters. The SMILES string of the molecule is CCCn1nc(C/C=C\C(=C/CF)[N+](=O)[O-])cc1/N=C(\C)OOCC. The van der Waals surface area contributed by atoms with Gasteiger partial charge in [-0.2, -0.15) is 15.0 Å². The Morgan fingerprint density at radius 3 is 2.88 bits per heavy atom. The maximum Gasteiger partial charge on any atom is 0.267 e. The van der Waals surface area contributed by atoms with Crippen molar-refractivity contribution in [3.63, 3.8) is 0 Å². The van der Waals surface area contributed by atoms with Crippen LogP contribution in [0.25, 0.3) is 0 Å². The number of rotatable bonds is 10. The molecule has 0 aliphatic rings. The molecule has 0 N–H and O–H groups in total. The largest absolute Gasteiger partial charge is 0.322 e. The van der Waals surface area contributed by atoms with Crippen molar-refractivity contribution in [1.82, 2.24) is 9.78 Å². The second kappa shape index (κ2) is 11.1. The summed E-state index contributed by atoms with van der Waals surface area (Å²) in [6.45, 7) is 5.68. The molecule has 1 aromatic rings. The fourth-order valence-corrected chi connectivity index (χ4v) is 1.93. The van der Waals surface area contributed by atoms with Gasteiger partial charge in [-0.3, -0.25) is 10.1 Å². The van der Waals surface area contributed by atoms with E-state index in [2.05, 4.69) is 10.1 Å². The molecular weight excluding hydrogens is 331 g/mol. The molecule has 0 saturated heterocycles. The molecule has 0 bridgehead atoms. The number of aryl methyl sites for hydroxylation is 1. The first-order chi connectivity index (χ1) is 12.0. The molecule has 0 aliphatic heterocycles. The van der Waals surface area contributed by atoms with E-state index in [1.165, 1.54) is 6.08 Å². The lowest BCUT2D eigenvalue weighted by Gasteiger charge is -2.03. The van der Waals surface area contributed by atoms with Gasteiger partial charge < -0.3 is 4.89 Å². The van der Waals surface area contributed by atoms with Crippen molar-refractivity contribution in [1.29, 1.82) is 0 Å². The summed E-state index contributed by atoms with van der Waals surface area (Å²) in [5.41, 5.74) is 0.408. The predicted molar refractivity (Wildman–Crippen MR) is 91.9 cm³/mol. The molecule has 0 radical (unpaired) electrons. The number of halogens is 1. The molecule has 1 aromatic heterocycles.